The molecule has 0 saturated heterocycles. The normalized spacial score (nSPS) is 11.4. The first-order chi connectivity index (χ1) is 10.8. The third-order valence-electron chi connectivity index (χ3n) is 3.19. The molecule has 6 heteroatoms. The van der Waals surface area contributed by atoms with Gasteiger partial charge < -0.3 is 4.57 Å². The number of nitrogens with one attached hydrogen (secondary N) is 1. The van der Waals surface area contributed by atoms with E-state index in [1.165, 1.54) is 11.3 Å². The SMILES string of the molecule is Cn1c(-c2ccccc2)cs/c1=N\NC(=O)c1ccncc1. The average molecular weight is 310 g/mol. The van der Waals surface area contributed by atoms with Gasteiger partial charge in [0.25, 0.3) is 5.91 Å². The Balaban J connectivity index is 1.84. The fourth-order valence-corrected chi connectivity index (χ4v) is 2.87. The van der Waals surface area contributed by atoms with E-state index in [0.29, 0.717) is 5.56 Å². The molecule has 1 N–H and O–H groups in total. The monoisotopic (exact) mass is 310 g/mol. The van der Waals surface area contributed by atoms with E-state index in [0.717, 1.165) is 16.1 Å². The van der Waals surface area contributed by atoms with Crippen molar-refractivity contribution in [2.75, 3.05) is 0 Å². The van der Waals surface area contributed by atoms with Crippen LogP contribution in [0.2, 0.25) is 0 Å². The van der Waals surface area contributed by atoms with Gasteiger partial charge in [-0.15, -0.1) is 16.4 Å². The van der Waals surface area contributed by atoms with Crippen LogP contribution in [0.1, 0.15) is 10.4 Å². The number of aromatic nitrogens is 2. The summed E-state index contributed by atoms with van der Waals surface area (Å²) in [5.41, 5.74) is 5.27. The van der Waals surface area contributed by atoms with Gasteiger partial charge in [-0.1, -0.05) is 30.3 Å². The molecule has 1 amide bonds. The van der Waals surface area contributed by atoms with Crippen LogP contribution in [0.25, 0.3) is 11.3 Å². The van der Waals surface area contributed by atoms with Crippen molar-refractivity contribution in [2.24, 2.45) is 12.1 Å². The van der Waals surface area contributed by atoms with E-state index < -0.39 is 0 Å². The van der Waals surface area contributed by atoms with Gasteiger partial charge in [0, 0.05) is 30.4 Å². The first-order valence-corrected chi connectivity index (χ1v) is 7.58. The maximum Gasteiger partial charge on any atom is 0.271 e. The van der Waals surface area contributed by atoms with E-state index >= 15 is 0 Å². The standard InChI is InChI=1S/C16H14N4OS/c1-20-14(12-5-3-2-4-6-12)11-22-16(20)19-18-15(21)13-7-9-17-10-8-13/h2-11H,1H3,(H,18,21)/b19-16-. The predicted molar refractivity (Wildman–Crippen MR) is 86.0 cm³/mol. The zero-order valence-electron chi connectivity index (χ0n) is 11.9. The second-order valence-electron chi connectivity index (χ2n) is 4.62. The third-order valence-corrected chi connectivity index (χ3v) is 4.11. The van der Waals surface area contributed by atoms with Gasteiger partial charge >= 0.3 is 0 Å². The lowest BCUT2D eigenvalue weighted by Gasteiger charge is -2.02. The highest BCUT2D eigenvalue weighted by atomic mass is 32.1. The Morgan fingerprint density at radius 2 is 1.91 bits per heavy atom. The van der Waals surface area contributed by atoms with E-state index in [-0.39, 0.29) is 5.91 Å². The quantitative estimate of drug-likeness (QED) is 0.755. The molecule has 3 aromatic rings. The summed E-state index contributed by atoms with van der Waals surface area (Å²) in [4.78, 5) is 16.6. The predicted octanol–water partition coefficient (Wildman–Crippen LogP) is 2.39. The van der Waals surface area contributed by atoms with Crippen LogP contribution in [0.15, 0.2) is 65.3 Å². The lowest BCUT2D eigenvalue weighted by atomic mass is 10.2. The number of hydrogen-bond acceptors (Lipinski definition) is 4. The minimum Gasteiger partial charge on any atom is -0.318 e. The van der Waals surface area contributed by atoms with E-state index in [2.05, 4.69) is 15.5 Å². The van der Waals surface area contributed by atoms with Crippen LogP contribution in [0, 0.1) is 0 Å². The number of thiazole rings is 1. The van der Waals surface area contributed by atoms with Crippen molar-refractivity contribution in [3.8, 4) is 11.3 Å². The summed E-state index contributed by atoms with van der Waals surface area (Å²) in [6.45, 7) is 0. The van der Waals surface area contributed by atoms with E-state index in [1.54, 1.807) is 24.5 Å². The number of rotatable bonds is 3. The zero-order chi connectivity index (χ0) is 15.4. The summed E-state index contributed by atoms with van der Waals surface area (Å²) in [5.74, 6) is -0.253. The molecule has 0 saturated carbocycles. The molecular weight excluding hydrogens is 296 g/mol. The largest absolute Gasteiger partial charge is 0.318 e. The molecule has 5 nitrogen and oxygen atoms in total. The summed E-state index contributed by atoms with van der Waals surface area (Å²) in [6, 6.07) is 13.4. The molecule has 2 heterocycles. The van der Waals surface area contributed by atoms with Crippen LogP contribution < -0.4 is 10.2 Å². The van der Waals surface area contributed by atoms with Gasteiger partial charge in [-0.2, -0.15) is 0 Å². The van der Waals surface area contributed by atoms with Gasteiger partial charge in [-0.05, 0) is 17.7 Å². The Bertz CT molecular complexity index is 837. The molecule has 0 aliphatic carbocycles. The van der Waals surface area contributed by atoms with Gasteiger partial charge in [-0.25, -0.2) is 5.43 Å². The minimum absolute atomic E-state index is 0.253. The molecule has 0 fully saturated rings. The number of carbonyl (C=O) groups is 1. The lowest BCUT2D eigenvalue weighted by Crippen LogP contribution is -2.23. The van der Waals surface area contributed by atoms with Crippen LogP contribution in [0.5, 0.6) is 0 Å². The van der Waals surface area contributed by atoms with Crippen molar-refractivity contribution in [3.05, 3.63) is 70.6 Å². The van der Waals surface area contributed by atoms with Crippen LogP contribution >= 0.6 is 11.3 Å². The number of pyridine rings is 1. The Morgan fingerprint density at radius 3 is 2.64 bits per heavy atom. The molecule has 3 rings (SSSR count). The van der Waals surface area contributed by atoms with Crippen LogP contribution in [0.3, 0.4) is 0 Å². The van der Waals surface area contributed by atoms with E-state index in [4.69, 9.17) is 0 Å². The summed E-state index contributed by atoms with van der Waals surface area (Å²) in [6.07, 6.45) is 3.15. The van der Waals surface area contributed by atoms with Crippen LogP contribution in [-0.2, 0) is 7.05 Å². The van der Waals surface area contributed by atoms with Crippen molar-refractivity contribution in [2.45, 2.75) is 0 Å². The van der Waals surface area contributed by atoms with Gasteiger partial charge in [0.05, 0.1) is 5.69 Å². The zero-order valence-corrected chi connectivity index (χ0v) is 12.7. The first-order valence-electron chi connectivity index (χ1n) is 6.70. The summed E-state index contributed by atoms with van der Waals surface area (Å²) >= 11 is 1.48. The smallest absolute Gasteiger partial charge is 0.271 e. The summed E-state index contributed by atoms with van der Waals surface area (Å²) < 4.78 is 1.95. The van der Waals surface area contributed by atoms with Crippen molar-refractivity contribution < 1.29 is 4.79 Å². The van der Waals surface area contributed by atoms with Gasteiger partial charge in [0.15, 0.2) is 0 Å². The molecule has 0 unspecified atom stereocenters. The Hall–Kier alpha value is -2.73. The molecule has 0 aliphatic heterocycles. The van der Waals surface area contributed by atoms with E-state index in [1.807, 2.05) is 47.3 Å². The molecule has 2 aromatic heterocycles. The highest BCUT2D eigenvalue weighted by Gasteiger charge is 2.06. The maximum absolute atomic E-state index is 12.0. The number of amides is 1. The van der Waals surface area contributed by atoms with Gasteiger partial charge in [0.2, 0.25) is 4.80 Å². The number of nitrogens with zero attached hydrogens (tertiary/aromatic N) is 3. The van der Waals surface area contributed by atoms with Crippen molar-refractivity contribution in [3.63, 3.8) is 0 Å². The first kappa shape index (κ1) is 14.2. The average Bonchev–Trinajstić information content (AvgIpc) is 2.95. The fraction of sp³-hybridized carbons (Fsp3) is 0.0625. The molecule has 1 aromatic carbocycles. The van der Waals surface area contributed by atoms with Crippen molar-refractivity contribution >= 4 is 17.2 Å². The topological polar surface area (TPSA) is 59.3 Å². The molecule has 0 radical (unpaired) electrons. The molecule has 22 heavy (non-hydrogen) atoms. The third kappa shape index (κ3) is 2.96. The van der Waals surface area contributed by atoms with Crippen LogP contribution in [0.4, 0.5) is 0 Å². The molecule has 0 atom stereocenters. The van der Waals surface area contributed by atoms with Crippen molar-refractivity contribution in [1.82, 2.24) is 15.0 Å². The van der Waals surface area contributed by atoms with Crippen LogP contribution in [-0.4, -0.2) is 15.5 Å². The molecule has 0 bridgehead atoms. The molecule has 110 valence electrons. The Morgan fingerprint density at radius 1 is 1.18 bits per heavy atom. The highest BCUT2D eigenvalue weighted by molar-refractivity contribution is 7.07. The number of benzene rings is 1. The second-order valence-corrected chi connectivity index (χ2v) is 5.45. The van der Waals surface area contributed by atoms with E-state index in [9.17, 15) is 4.79 Å². The minimum atomic E-state index is -0.253. The molecular formula is C16H14N4OS. The summed E-state index contributed by atoms with van der Waals surface area (Å²) in [5, 5.41) is 6.21. The Labute approximate surface area is 131 Å². The second kappa shape index (κ2) is 6.36. The maximum atomic E-state index is 12.0. The summed E-state index contributed by atoms with van der Waals surface area (Å²) in [7, 11) is 1.93. The van der Waals surface area contributed by atoms with Crippen molar-refractivity contribution in [1.29, 1.82) is 0 Å². The van der Waals surface area contributed by atoms with Gasteiger partial charge in [-0.3, -0.25) is 9.78 Å². The highest BCUT2D eigenvalue weighted by Crippen LogP contribution is 2.18. The number of hydrogen-bond donors (Lipinski definition) is 1. The molecule has 0 spiro atoms. The lowest BCUT2D eigenvalue weighted by molar-refractivity contribution is 0.0953. The number of carbonyl (C=O) groups excluding carboxylic acids is 1. The van der Waals surface area contributed by atoms with Gasteiger partial charge in [0.1, 0.15) is 0 Å². The fourth-order valence-electron chi connectivity index (χ4n) is 2.01. The Kier molecular flexibility index (Phi) is 4.11. The molecule has 0 aliphatic rings.